The molecule has 0 aromatic heterocycles. The van der Waals surface area contributed by atoms with Gasteiger partial charge >= 0.3 is 5.97 Å². The predicted octanol–water partition coefficient (Wildman–Crippen LogP) is 4.08. The first kappa shape index (κ1) is 19.4. The van der Waals surface area contributed by atoms with Gasteiger partial charge in [0.05, 0.1) is 33.7 Å². The van der Waals surface area contributed by atoms with Gasteiger partial charge in [-0.1, -0.05) is 36.4 Å². The van der Waals surface area contributed by atoms with Crippen LogP contribution in [0.4, 0.5) is 0 Å². The molecular weight excluding hydrogens is 332 g/mol. The molecule has 2 rings (SSSR count). The quantitative estimate of drug-likeness (QED) is 0.278. The first-order valence-corrected chi connectivity index (χ1v) is 8.47. The number of esters is 1. The van der Waals surface area contributed by atoms with Crippen LogP contribution >= 0.6 is 0 Å². The Morgan fingerprint density at radius 3 is 2.23 bits per heavy atom. The van der Waals surface area contributed by atoms with Gasteiger partial charge in [-0.15, -0.1) is 0 Å². The summed E-state index contributed by atoms with van der Waals surface area (Å²) in [5.74, 6) is 1.01. The van der Waals surface area contributed by atoms with Gasteiger partial charge in [0.1, 0.15) is 17.1 Å². The molecule has 0 spiro atoms. The van der Waals surface area contributed by atoms with Crippen LogP contribution in [0.5, 0.6) is 11.5 Å². The van der Waals surface area contributed by atoms with Crippen molar-refractivity contribution in [1.82, 2.24) is 0 Å². The van der Waals surface area contributed by atoms with Crippen LogP contribution in [0.25, 0.3) is 5.57 Å². The van der Waals surface area contributed by atoms with Gasteiger partial charge < -0.3 is 18.9 Å². The Labute approximate surface area is 154 Å². The zero-order valence-electron chi connectivity index (χ0n) is 15.1. The van der Waals surface area contributed by atoms with Crippen LogP contribution in [0.2, 0.25) is 0 Å². The number of hydrogen-bond donors (Lipinski definition) is 0. The lowest BCUT2D eigenvalue weighted by Gasteiger charge is -2.13. The summed E-state index contributed by atoms with van der Waals surface area (Å²) < 4.78 is 21.3. The SMILES string of the molecule is CO/C=C(\C(=O)OC)c1ccccc1OCCCCOc1ccccc1. The van der Waals surface area contributed by atoms with E-state index in [4.69, 9.17) is 18.9 Å². The number of ether oxygens (including phenoxy) is 4. The van der Waals surface area contributed by atoms with Crippen LogP contribution in [-0.4, -0.2) is 33.4 Å². The minimum atomic E-state index is -0.473. The number of unbranched alkanes of at least 4 members (excludes halogenated alkanes) is 1. The maximum absolute atomic E-state index is 12.0. The summed E-state index contributed by atoms with van der Waals surface area (Å²) >= 11 is 0. The van der Waals surface area contributed by atoms with Gasteiger partial charge in [-0.25, -0.2) is 4.79 Å². The average molecular weight is 356 g/mol. The van der Waals surface area contributed by atoms with E-state index in [1.54, 1.807) is 6.07 Å². The molecule has 26 heavy (non-hydrogen) atoms. The number of methoxy groups -OCH3 is 2. The summed E-state index contributed by atoms with van der Waals surface area (Å²) in [5, 5.41) is 0. The molecule has 0 radical (unpaired) electrons. The van der Waals surface area contributed by atoms with Crippen LogP contribution in [0.1, 0.15) is 18.4 Å². The number of carbonyl (C=O) groups excluding carboxylic acids is 1. The molecule has 0 heterocycles. The van der Waals surface area contributed by atoms with Crippen LogP contribution in [0.3, 0.4) is 0 Å². The lowest BCUT2D eigenvalue weighted by molar-refractivity contribution is -0.133. The average Bonchev–Trinajstić information content (AvgIpc) is 2.69. The van der Waals surface area contributed by atoms with Crippen molar-refractivity contribution in [2.45, 2.75) is 12.8 Å². The Bertz CT molecular complexity index is 709. The molecule has 0 saturated heterocycles. The number of hydrogen-bond acceptors (Lipinski definition) is 5. The predicted molar refractivity (Wildman–Crippen MR) is 100 cm³/mol. The standard InChI is InChI=1S/C21H24O5/c1-23-16-19(21(22)24-2)18-12-6-7-13-20(18)26-15-9-8-14-25-17-10-4-3-5-11-17/h3-7,10-13,16H,8-9,14-15H2,1-2H3/b19-16-. The van der Waals surface area contributed by atoms with Gasteiger partial charge in [-0.05, 0) is 31.0 Å². The van der Waals surface area contributed by atoms with Crippen molar-refractivity contribution in [1.29, 1.82) is 0 Å². The third kappa shape index (κ3) is 5.84. The molecule has 5 heteroatoms. The molecule has 138 valence electrons. The van der Waals surface area contributed by atoms with E-state index in [-0.39, 0.29) is 0 Å². The number of carbonyl (C=O) groups is 1. The molecule has 2 aromatic carbocycles. The topological polar surface area (TPSA) is 54.0 Å². The number of para-hydroxylation sites is 2. The molecule has 0 N–H and O–H groups in total. The van der Waals surface area contributed by atoms with Crippen molar-refractivity contribution in [3.8, 4) is 11.5 Å². The van der Waals surface area contributed by atoms with Gasteiger partial charge in [0.15, 0.2) is 0 Å². The van der Waals surface area contributed by atoms with Gasteiger partial charge in [-0.3, -0.25) is 0 Å². The van der Waals surface area contributed by atoms with E-state index in [0.29, 0.717) is 30.1 Å². The summed E-state index contributed by atoms with van der Waals surface area (Å²) in [7, 11) is 2.82. The number of rotatable bonds is 10. The van der Waals surface area contributed by atoms with Crippen LogP contribution in [0.15, 0.2) is 60.9 Å². The zero-order chi connectivity index (χ0) is 18.6. The highest BCUT2D eigenvalue weighted by Crippen LogP contribution is 2.27. The first-order valence-electron chi connectivity index (χ1n) is 8.47. The Balaban J connectivity index is 1.86. The molecule has 0 bridgehead atoms. The maximum atomic E-state index is 12.0. The Kier molecular flexibility index (Phi) is 8.06. The van der Waals surface area contributed by atoms with Crippen molar-refractivity contribution in [3.63, 3.8) is 0 Å². The van der Waals surface area contributed by atoms with Crippen molar-refractivity contribution in [3.05, 3.63) is 66.4 Å². The number of benzene rings is 2. The fourth-order valence-corrected chi connectivity index (χ4v) is 2.36. The summed E-state index contributed by atoms with van der Waals surface area (Å²) in [6.45, 7) is 1.16. The van der Waals surface area contributed by atoms with Crippen molar-refractivity contribution >= 4 is 11.5 Å². The third-order valence-corrected chi connectivity index (χ3v) is 3.63. The van der Waals surface area contributed by atoms with Gasteiger partial charge in [0, 0.05) is 5.56 Å². The van der Waals surface area contributed by atoms with Crippen molar-refractivity contribution in [2.24, 2.45) is 0 Å². The van der Waals surface area contributed by atoms with E-state index in [9.17, 15) is 4.79 Å². The van der Waals surface area contributed by atoms with E-state index >= 15 is 0 Å². The van der Waals surface area contributed by atoms with Crippen molar-refractivity contribution in [2.75, 3.05) is 27.4 Å². The molecule has 2 aromatic rings. The minimum absolute atomic E-state index is 0.318. The third-order valence-electron chi connectivity index (χ3n) is 3.63. The highest BCUT2D eigenvalue weighted by atomic mass is 16.5. The molecule has 0 aliphatic rings. The van der Waals surface area contributed by atoms with Gasteiger partial charge in [0.2, 0.25) is 0 Å². The second-order valence-electron chi connectivity index (χ2n) is 5.47. The Hall–Kier alpha value is -2.95. The monoisotopic (exact) mass is 356 g/mol. The molecule has 0 aliphatic carbocycles. The van der Waals surface area contributed by atoms with E-state index in [1.807, 2.05) is 48.5 Å². The Morgan fingerprint density at radius 1 is 0.885 bits per heavy atom. The molecule has 0 aliphatic heterocycles. The normalized spacial score (nSPS) is 10.9. The molecule has 0 amide bonds. The van der Waals surface area contributed by atoms with Gasteiger partial charge in [0.25, 0.3) is 0 Å². The smallest absolute Gasteiger partial charge is 0.341 e. The Morgan fingerprint density at radius 2 is 1.54 bits per heavy atom. The fraction of sp³-hybridized carbons (Fsp3) is 0.286. The molecule has 0 saturated carbocycles. The lowest BCUT2D eigenvalue weighted by Crippen LogP contribution is -2.08. The molecule has 0 unspecified atom stereocenters. The lowest BCUT2D eigenvalue weighted by atomic mass is 10.1. The summed E-state index contributed by atoms with van der Waals surface area (Å²) in [5.41, 5.74) is 0.958. The largest absolute Gasteiger partial charge is 0.503 e. The maximum Gasteiger partial charge on any atom is 0.341 e. The van der Waals surface area contributed by atoms with Crippen LogP contribution < -0.4 is 9.47 Å². The van der Waals surface area contributed by atoms with E-state index in [2.05, 4.69) is 0 Å². The second-order valence-corrected chi connectivity index (χ2v) is 5.47. The zero-order valence-corrected chi connectivity index (χ0v) is 15.1. The van der Waals surface area contributed by atoms with E-state index in [0.717, 1.165) is 18.6 Å². The van der Waals surface area contributed by atoms with Crippen LogP contribution in [-0.2, 0) is 14.3 Å². The highest BCUT2D eigenvalue weighted by molar-refractivity contribution is 6.16. The minimum Gasteiger partial charge on any atom is -0.503 e. The van der Waals surface area contributed by atoms with Crippen LogP contribution in [0, 0.1) is 0 Å². The van der Waals surface area contributed by atoms with E-state index < -0.39 is 5.97 Å². The summed E-state index contributed by atoms with van der Waals surface area (Å²) in [6, 6.07) is 17.0. The molecular formula is C21H24O5. The summed E-state index contributed by atoms with van der Waals surface area (Å²) in [6.07, 6.45) is 3.07. The highest BCUT2D eigenvalue weighted by Gasteiger charge is 2.17. The fourth-order valence-electron chi connectivity index (χ4n) is 2.36. The van der Waals surface area contributed by atoms with Crippen molar-refractivity contribution < 1.29 is 23.7 Å². The first-order chi connectivity index (χ1) is 12.8. The molecule has 0 atom stereocenters. The van der Waals surface area contributed by atoms with E-state index in [1.165, 1.54) is 20.5 Å². The molecule has 0 fully saturated rings. The van der Waals surface area contributed by atoms with Gasteiger partial charge in [-0.2, -0.15) is 0 Å². The molecule has 5 nitrogen and oxygen atoms in total. The summed E-state index contributed by atoms with van der Waals surface area (Å²) in [4.78, 5) is 12.0. The second kappa shape index (κ2) is 10.8.